The molecule has 16 heavy (non-hydrogen) atoms. The number of furan rings is 1. The molecule has 1 atom stereocenters. The highest BCUT2D eigenvalue weighted by Crippen LogP contribution is 2.22. The summed E-state index contributed by atoms with van der Waals surface area (Å²) in [4.78, 5) is 0. The van der Waals surface area contributed by atoms with E-state index >= 15 is 0 Å². The van der Waals surface area contributed by atoms with E-state index < -0.39 is 0 Å². The minimum absolute atomic E-state index is 0.0794. The van der Waals surface area contributed by atoms with Crippen LogP contribution in [0, 0.1) is 6.92 Å². The second-order valence-corrected chi connectivity index (χ2v) is 4.31. The summed E-state index contributed by atoms with van der Waals surface area (Å²) in [5.74, 6) is 0.893. The lowest BCUT2D eigenvalue weighted by Crippen LogP contribution is -2.13. The summed E-state index contributed by atoms with van der Waals surface area (Å²) in [5, 5.41) is 0.757. The molecular formula is C13H14ClNO. The maximum absolute atomic E-state index is 6.09. The molecule has 0 aliphatic carbocycles. The van der Waals surface area contributed by atoms with Crippen LogP contribution in [0.25, 0.3) is 0 Å². The van der Waals surface area contributed by atoms with Gasteiger partial charge in [0, 0.05) is 17.5 Å². The van der Waals surface area contributed by atoms with Crippen LogP contribution >= 0.6 is 11.6 Å². The van der Waals surface area contributed by atoms with Crippen molar-refractivity contribution < 1.29 is 4.42 Å². The van der Waals surface area contributed by atoms with Gasteiger partial charge in [0.2, 0.25) is 0 Å². The summed E-state index contributed by atoms with van der Waals surface area (Å²) >= 11 is 6.06. The smallest absolute Gasteiger partial charge is 0.105 e. The highest BCUT2D eigenvalue weighted by Gasteiger charge is 2.09. The molecule has 1 unspecified atom stereocenters. The Morgan fingerprint density at radius 1 is 1.38 bits per heavy atom. The second-order valence-electron chi connectivity index (χ2n) is 3.90. The number of hydrogen-bond acceptors (Lipinski definition) is 2. The topological polar surface area (TPSA) is 39.2 Å². The van der Waals surface area contributed by atoms with Gasteiger partial charge in [0.05, 0.1) is 6.26 Å². The molecule has 0 aliphatic heterocycles. The monoisotopic (exact) mass is 235 g/mol. The van der Waals surface area contributed by atoms with E-state index in [0.29, 0.717) is 6.42 Å². The standard InChI is InChI=1S/C13H14ClNO/c1-9-4-5-10(7-12(9)14)13(15)8-11-3-2-6-16-11/h2-7,13H,8,15H2,1H3. The van der Waals surface area contributed by atoms with Gasteiger partial charge in [-0.1, -0.05) is 23.7 Å². The number of halogens is 1. The molecule has 0 aliphatic rings. The molecule has 2 rings (SSSR count). The van der Waals surface area contributed by atoms with Crippen LogP contribution in [0.3, 0.4) is 0 Å². The van der Waals surface area contributed by atoms with Crippen LogP contribution in [0.2, 0.25) is 5.02 Å². The number of nitrogens with two attached hydrogens (primary N) is 1. The molecule has 2 nitrogen and oxygen atoms in total. The first-order valence-corrected chi connectivity index (χ1v) is 5.58. The molecule has 0 amide bonds. The Balaban J connectivity index is 2.14. The van der Waals surface area contributed by atoms with Crippen LogP contribution in [-0.2, 0) is 6.42 Å². The van der Waals surface area contributed by atoms with Gasteiger partial charge in [0.1, 0.15) is 5.76 Å². The van der Waals surface area contributed by atoms with Crippen molar-refractivity contribution in [1.82, 2.24) is 0 Å². The largest absolute Gasteiger partial charge is 0.469 e. The Hall–Kier alpha value is -1.25. The Morgan fingerprint density at radius 3 is 2.81 bits per heavy atom. The van der Waals surface area contributed by atoms with Crippen molar-refractivity contribution in [3.8, 4) is 0 Å². The molecule has 1 aromatic carbocycles. The Kier molecular flexibility index (Phi) is 3.32. The maximum Gasteiger partial charge on any atom is 0.105 e. The van der Waals surface area contributed by atoms with Gasteiger partial charge in [-0.05, 0) is 36.2 Å². The third-order valence-corrected chi connectivity index (χ3v) is 3.03. The number of benzene rings is 1. The minimum atomic E-state index is -0.0794. The van der Waals surface area contributed by atoms with Crippen LogP contribution in [0.5, 0.6) is 0 Å². The van der Waals surface area contributed by atoms with E-state index in [9.17, 15) is 0 Å². The summed E-state index contributed by atoms with van der Waals surface area (Å²) < 4.78 is 5.27. The molecular weight excluding hydrogens is 222 g/mol. The van der Waals surface area contributed by atoms with E-state index in [2.05, 4.69) is 0 Å². The van der Waals surface area contributed by atoms with Crippen LogP contribution in [0.1, 0.15) is 22.9 Å². The van der Waals surface area contributed by atoms with Crippen LogP contribution in [-0.4, -0.2) is 0 Å². The van der Waals surface area contributed by atoms with Crippen molar-refractivity contribution in [3.63, 3.8) is 0 Å². The molecule has 0 radical (unpaired) electrons. The average molecular weight is 236 g/mol. The van der Waals surface area contributed by atoms with Gasteiger partial charge in [-0.15, -0.1) is 0 Å². The summed E-state index contributed by atoms with van der Waals surface area (Å²) in [6, 6.07) is 9.63. The lowest BCUT2D eigenvalue weighted by atomic mass is 10.0. The van der Waals surface area contributed by atoms with Gasteiger partial charge in [-0.3, -0.25) is 0 Å². The average Bonchev–Trinajstić information content (AvgIpc) is 2.74. The van der Waals surface area contributed by atoms with Crippen molar-refractivity contribution in [1.29, 1.82) is 0 Å². The molecule has 0 saturated carbocycles. The summed E-state index contributed by atoms with van der Waals surface area (Å²) in [5.41, 5.74) is 8.19. The van der Waals surface area contributed by atoms with Gasteiger partial charge < -0.3 is 10.2 Å². The number of hydrogen-bond donors (Lipinski definition) is 1. The second kappa shape index (κ2) is 4.73. The fourth-order valence-corrected chi connectivity index (χ4v) is 1.79. The zero-order chi connectivity index (χ0) is 11.5. The lowest BCUT2D eigenvalue weighted by molar-refractivity contribution is 0.488. The van der Waals surface area contributed by atoms with E-state index in [-0.39, 0.29) is 6.04 Å². The maximum atomic E-state index is 6.09. The minimum Gasteiger partial charge on any atom is -0.469 e. The Morgan fingerprint density at radius 2 is 2.19 bits per heavy atom. The molecule has 1 aromatic heterocycles. The van der Waals surface area contributed by atoms with E-state index in [1.54, 1.807) is 6.26 Å². The normalized spacial score (nSPS) is 12.7. The van der Waals surface area contributed by atoms with Crippen LogP contribution < -0.4 is 5.73 Å². The van der Waals surface area contributed by atoms with Crippen molar-refractivity contribution in [2.24, 2.45) is 5.73 Å². The quantitative estimate of drug-likeness (QED) is 0.885. The predicted molar refractivity (Wildman–Crippen MR) is 65.5 cm³/mol. The lowest BCUT2D eigenvalue weighted by Gasteiger charge is -2.11. The molecule has 0 fully saturated rings. The van der Waals surface area contributed by atoms with E-state index in [4.69, 9.17) is 21.8 Å². The summed E-state index contributed by atoms with van der Waals surface area (Å²) in [6.45, 7) is 1.98. The van der Waals surface area contributed by atoms with E-state index in [1.807, 2.05) is 37.3 Å². The fraction of sp³-hybridized carbons (Fsp3) is 0.231. The van der Waals surface area contributed by atoms with Crippen LogP contribution in [0.15, 0.2) is 41.0 Å². The van der Waals surface area contributed by atoms with E-state index in [1.165, 1.54) is 0 Å². The molecule has 2 aromatic rings. The Labute approximate surface area is 100 Å². The fourth-order valence-electron chi connectivity index (χ4n) is 1.60. The first-order valence-electron chi connectivity index (χ1n) is 5.21. The van der Waals surface area contributed by atoms with Crippen molar-refractivity contribution in [2.75, 3.05) is 0 Å². The molecule has 0 spiro atoms. The van der Waals surface area contributed by atoms with Gasteiger partial charge in [-0.2, -0.15) is 0 Å². The van der Waals surface area contributed by atoms with Crippen molar-refractivity contribution >= 4 is 11.6 Å². The third kappa shape index (κ3) is 2.46. The molecule has 0 bridgehead atoms. The van der Waals surface area contributed by atoms with Gasteiger partial charge >= 0.3 is 0 Å². The first kappa shape index (κ1) is 11.2. The molecule has 3 heteroatoms. The molecule has 0 saturated heterocycles. The molecule has 2 N–H and O–H groups in total. The van der Waals surface area contributed by atoms with Gasteiger partial charge in [0.15, 0.2) is 0 Å². The summed E-state index contributed by atoms with van der Waals surface area (Å²) in [6.07, 6.45) is 2.34. The van der Waals surface area contributed by atoms with Crippen LogP contribution in [0.4, 0.5) is 0 Å². The predicted octanol–water partition coefficient (Wildman–Crippen LogP) is 3.48. The number of aryl methyl sites for hydroxylation is 1. The molecule has 84 valence electrons. The zero-order valence-electron chi connectivity index (χ0n) is 9.11. The highest BCUT2D eigenvalue weighted by molar-refractivity contribution is 6.31. The van der Waals surface area contributed by atoms with Gasteiger partial charge in [0.25, 0.3) is 0 Å². The van der Waals surface area contributed by atoms with Crippen molar-refractivity contribution in [3.05, 3.63) is 58.5 Å². The number of rotatable bonds is 3. The van der Waals surface area contributed by atoms with E-state index in [0.717, 1.165) is 21.9 Å². The Bertz CT molecular complexity index is 465. The third-order valence-electron chi connectivity index (χ3n) is 2.63. The molecule has 1 heterocycles. The highest BCUT2D eigenvalue weighted by atomic mass is 35.5. The first-order chi connectivity index (χ1) is 7.66. The SMILES string of the molecule is Cc1ccc(C(N)Cc2ccco2)cc1Cl. The van der Waals surface area contributed by atoms with Gasteiger partial charge in [-0.25, -0.2) is 0 Å². The van der Waals surface area contributed by atoms with Crippen molar-refractivity contribution in [2.45, 2.75) is 19.4 Å². The summed E-state index contributed by atoms with van der Waals surface area (Å²) in [7, 11) is 0. The zero-order valence-corrected chi connectivity index (χ0v) is 9.87.